The third-order valence-electron chi connectivity index (χ3n) is 5.75. The van der Waals surface area contributed by atoms with Crippen molar-refractivity contribution in [2.75, 3.05) is 4.90 Å². The summed E-state index contributed by atoms with van der Waals surface area (Å²) in [4.78, 5) is 2.27. The molecule has 0 saturated carbocycles. The molecule has 1 heterocycles. The molecule has 9 heteroatoms. The van der Waals surface area contributed by atoms with Crippen LogP contribution in [-0.2, 0) is 7.05 Å². The van der Waals surface area contributed by atoms with Gasteiger partial charge in [0, 0.05) is 40.7 Å². The van der Waals surface area contributed by atoms with E-state index in [1.807, 2.05) is 12.1 Å². The molecule has 0 aliphatic carbocycles. The first-order valence-corrected chi connectivity index (χ1v) is 17.7. The third-order valence-corrected chi connectivity index (χ3v) is 5.75. The van der Waals surface area contributed by atoms with Crippen LogP contribution in [0, 0.1) is 0 Å². The molecule has 5 rings (SSSR count). The second kappa shape index (κ2) is 10.4. The topological polar surface area (TPSA) is 7.12 Å². The number of hydrogen-bond acceptors (Lipinski definition) is 1. The maximum atomic E-state index is 9.93. The Hall–Kier alpha value is -3.77. The van der Waals surface area contributed by atoms with Crippen LogP contribution in [0.15, 0.2) is 121 Å². The third kappa shape index (κ3) is 8.89. The molecular weight excluding hydrogens is 624 g/mol. The van der Waals surface area contributed by atoms with Crippen molar-refractivity contribution in [3.8, 4) is 0 Å². The molecule has 0 atom stereocenters. The minimum absolute atomic E-state index is 1.14. The standard InChI is InChI=1S/C30H25N2.6FH.Sb/c1-31-26(23-19-25-10-8-9-15-30(25)31)20-16-24-17-21-29(22-18-24)32(27-11-4-2-5-12-27)28-13-6-3-7-14-28;;;;;;;/h2-23H,1H3;6*1H;/q+1;;;;;;;+5/p-6. The zero-order valence-electron chi connectivity index (χ0n) is 20.8. The Balaban J connectivity index is 0.000000448. The Morgan fingerprint density at radius 2 is 1.00 bits per heavy atom. The summed E-state index contributed by atoms with van der Waals surface area (Å²) in [6, 6.07) is 42.5. The molecule has 2 nitrogen and oxygen atoms in total. The van der Waals surface area contributed by atoms with Gasteiger partial charge in [0.1, 0.15) is 7.05 Å². The molecule has 202 valence electrons. The summed E-state index contributed by atoms with van der Waals surface area (Å²) in [5, 5.41) is 1.25. The molecular formula is C30H25F6N2Sb. The Kier molecular flexibility index (Phi) is 7.54. The molecule has 0 bridgehead atoms. The van der Waals surface area contributed by atoms with Crippen LogP contribution in [0.4, 0.5) is 33.9 Å². The Labute approximate surface area is 225 Å². The second-order valence-electron chi connectivity index (χ2n) is 8.77. The van der Waals surface area contributed by atoms with E-state index in [2.05, 4.69) is 138 Å². The van der Waals surface area contributed by atoms with Gasteiger partial charge in [-0.05, 0) is 60.2 Å². The van der Waals surface area contributed by atoms with Crippen molar-refractivity contribution in [3.05, 3.63) is 133 Å². The number of para-hydroxylation sites is 3. The summed E-state index contributed by atoms with van der Waals surface area (Å²) < 4.78 is 61.8. The number of nitrogens with zero attached hydrogens (tertiary/aromatic N) is 2. The van der Waals surface area contributed by atoms with Gasteiger partial charge in [-0.15, -0.1) is 0 Å². The number of rotatable bonds is 5. The van der Waals surface area contributed by atoms with Gasteiger partial charge in [-0.2, -0.15) is 4.57 Å². The van der Waals surface area contributed by atoms with Crippen LogP contribution in [0.1, 0.15) is 11.3 Å². The van der Waals surface area contributed by atoms with Gasteiger partial charge < -0.3 is 4.90 Å². The Bertz CT molecular complexity index is 1540. The van der Waals surface area contributed by atoms with E-state index >= 15 is 0 Å². The SMILES string of the molecule is C[n+]1c(/C=C/c2ccc(N(c3ccccc3)c3ccccc3)cc2)ccc2ccccc21.[F][Sb-]([F])([F])([F])([F])[F]. The maximum absolute atomic E-state index is 11.2. The summed E-state index contributed by atoms with van der Waals surface area (Å²) in [6.07, 6.45) is 4.34. The van der Waals surface area contributed by atoms with Crippen LogP contribution in [0.2, 0.25) is 0 Å². The summed E-state index contributed by atoms with van der Waals surface area (Å²) >= 11 is -11.2. The average Bonchev–Trinajstić information content (AvgIpc) is 2.89. The van der Waals surface area contributed by atoms with Crippen molar-refractivity contribution in [2.45, 2.75) is 0 Å². The van der Waals surface area contributed by atoms with Gasteiger partial charge in [0.05, 0.1) is 0 Å². The first-order chi connectivity index (χ1) is 18.2. The molecule has 39 heavy (non-hydrogen) atoms. The van der Waals surface area contributed by atoms with Gasteiger partial charge in [-0.1, -0.05) is 60.7 Å². The van der Waals surface area contributed by atoms with Gasteiger partial charge in [0.25, 0.3) is 0 Å². The molecule has 0 saturated heterocycles. The summed E-state index contributed by atoms with van der Waals surface area (Å²) in [5.74, 6) is 0. The molecule has 0 unspecified atom stereocenters. The Morgan fingerprint density at radius 1 is 0.538 bits per heavy atom. The van der Waals surface area contributed by atoms with Crippen molar-refractivity contribution in [1.29, 1.82) is 0 Å². The van der Waals surface area contributed by atoms with Crippen molar-refractivity contribution in [3.63, 3.8) is 0 Å². The fourth-order valence-electron chi connectivity index (χ4n) is 4.04. The molecule has 0 aliphatic rings. The van der Waals surface area contributed by atoms with E-state index in [0.717, 1.165) is 17.1 Å². The van der Waals surface area contributed by atoms with Crippen molar-refractivity contribution >= 4 is 59.6 Å². The van der Waals surface area contributed by atoms with E-state index in [1.54, 1.807) is 0 Å². The number of aryl methyl sites for hydroxylation is 1. The number of hydrogen-bond donors (Lipinski definition) is 0. The molecule has 0 spiro atoms. The van der Waals surface area contributed by atoms with Crippen LogP contribution >= 0.6 is 0 Å². The fraction of sp³-hybridized carbons (Fsp3) is 0.0333. The van der Waals surface area contributed by atoms with Gasteiger partial charge in [0.2, 0.25) is 11.2 Å². The van der Waals surface area contributed by atoms with E-state index in [0.29, 0.717) is 0 Å². The quantitative estimate of drug-likeness (QED) is 0.105. The minimum atomic E-state index is -11.2. The molecule has 5 aromatic rings. The monoisotopic (exact) mass is 648 g/mol. The normalized spacial score (nSPS) is 13.3. The van der Waals surface area contributed by atoms with E-state index in [9.17, 15) is 16.9 Å². The van der Waals surface area contributed by atoms with E-state index in [-0.39, 0.29) is 0 Å². The van der Waals surface area contributed by atoms with Crippen LogP contribution in [0.25, 0.3) is 23.1 Å². The number of aromatic nitrogens is 1. The molecule has 0 radical (unpaired) electrons. The second-order valence-corrected chi connectivity index (χ2v) is 14.2. The van der Waals surface area contributed by atoms with Crippen LogP contribution in [-0.4, -0.2) is 19.5 Å². The van der Waals surface area contributed by atoms with E-state index < -0.39 is 19.5 Å². The molecule has 4 aromatic carbocycles. The average molecular weight is 649 g/mol. The Morgan fingerprint density at radius 3 is 1.54 bits per heavy atom. The van der Waals surface area contributed by atoms with Crippen molar-refractivity contribution < 1.29 is 21.4 Å². The van der Waals surface area contributed by atoms with Crippen LogP contribution in [0.3, 0.4) is 0 Å². The van der Waals surface area contributed by atoms with Crippen molar-refractivity contribution in [2.24, 2.45) is 7.05 Å². The number of halogens is 6. The molecule has 0 aliphatic heterocycles. The first kappa shape index (κ1) is 28.2. The van der Waals surface area contributed by atoms with Gasteiger partial charge >= 0.3 is 36.4 Å². The van der Waals surface area contributed by atoms with Crippen LogP contribution in [0.5, 0.6) is 0 Å². The summed E-state index contributed by atoms with van der Waals surface area (Å²) in [6.45, 7) is 0. The zero-order valence-corrected chi connectivity index (χ0v) is 23.4. The predicted octanol–water partition coefficient (Wildman–Crippen LogP) is 9.44. The van der Waals surface area contributed by atoms with Crippen LogP contribution < -0.4 is 9.47 Å². The number of anilines is 3. The number of benzene rings is 4. The van der Waals surface area contributed by atoms with Gasteiger partial charge in [-0.25, -0.2) is 0 Å². The van der Waals surface area contributed by atoms with Gasteiger partial charge in [-0.3, -0.25) is 0 Å². The zero-order chi connectivity index (χ0) is 28.2. The molecule has 1 aromatic heterocycles. The predicted molar refractivity (Wildman–Crippen MR) is 148 cm³/mol. The van der Waals surface area contributed by atoms with Crippen molar-refractivity contribution in [1.82, 2.24) is 0 Å². The summed E-state index contributed by atoms with van der Waals surface area (Å²) in [7, 11) is 2.11. The first-order valence-electron chi connectivity index (χ1n) is 11.9. The van der Waals surface area contributed by atoms with Gasteiger partial charge in [0.15, 0.2) is 0 Å². The van der Waals surface area contributed by atoms with E-state index in [4.69, 9.17) is 0 Å². The summed E-state index contributed by atoms with van der Waals surface area (Å²) in [5.41, 5.74) is 6.99. The molecule has 0 amide bonds. The fourth-order valence-corrected chi connectivity index (χ4v) is 4.04. The molecule has 0 fully saturated rings. The molecule has 0 N–H and O–H groups in total. The van der Waals surface area contributed by atoms with E-state index in [1.165, 1.54) is 22.2 Å². The number of fused-ring (bicyclic) bond motifs is 1. The number of pyridine rings is 1.